The van der Waals surface area contributed by atoms with Crippen LogP contribution in [-0.2, 0) is 14.8 Å². The molecule has 0 bridgehead atoms. The molecule has 2 aromatic carbocycles. The molecule has 6 nitrogen and oxygen atoms in total. The summed E-state index contributed by atoms with van der Waals surface area (Å²) in [6.45, 7) is 7.46. The van der Waals surface area contributed by atoms with Crippen molar-refractivity contribution in [3.8, 4) is 0 Å². The maximum Gasteiger partial charge on any atom is 0.255 e. The van der Waals surface area contributed by atoms with E-state index in [1.807, 2.05) is 32.9 Å². The Labute approximate surface area is 159 Å². The largest absolute Gasteiger partial charge is 0.322 e. The SMILES string of the molecule is Cc1cc(C)c(NC(=O)c2ccc(N3C(=O)[C@@H](C)CS3(=O)=O)cc2)c(C)c1. The third-order valence-corrected chi connectivity index (χ3v) is 6.51. The molecule has 7 heteroatoms. The van der Waals surface area contributed by atoms with Crippen LogP contribution in [0.25, 0.3) is 0 Å². The summed E-state index contributed by atoms with van der Waals surface area (Å²) >= 11 is 0. The number of aryl methyl sites for hydroxylation is 3. The summed E-state index contributed by atoms with van der Waals surface area (Å²) in [6, 6.07) is 10.0. The van der Waals surface area contributed by atoms with Crippen molar-refractivity contribution in [1.29, 1.82) is 0 Å². The van der Waals surface area contributed by atoms with Gasteiger partial charge in [0, 0.05) is 11.3 Å². The number of carbonyl (C=O) groups excluding carboxylic acids is 2. The van der Waals surface area contributed by atoms with Gasteiger partial charge in [0.05, 0.1) is 17.4 Å². The molecule has 27 heavy (non-hydrogen) atoms. The topological polar surface area (TPSA) is 83.6 Å². The van der Waals surface area contributed by atoms with Crippen molar-refractivity contribution in [3.05, 3.63) is 58.7 Å². The van der Waals surface area contributed by atoms with E-state index in [1.165, 1.54) is 24.3 Å². The van der Waals surface area contributed by atoms with E-state index in [2.05, 4.69) is 5.32 Å². The molecule has 1 fully saturated rings. The zero-order chi connectivity index (χ0) is 19.9. The van der Waals surface area contributed by atoms with Crippen molar-refractivity contribution < 1.29 is 18.0 Å². The molecule has 0 aliphatic carbocycles. The number of rotatable bonds is 3. The van der Waals surface area contributed by atoms with Crippen molar-refractivity contribution in [2.24, 2.45) is 5.92 Å². The minimum Gasteiger partial charge on any atom is -0.322 e. The lowest BCUT2D eigenvalue weighted by atomic mass is 10.0. The first kappa shape index (κ1) is 19.1. The molecule has 1 aliphatic heterocycles. The second-order valence-electron chi connectivity index (χ2n) is 7.06. The molecule has 0 saturated carbocycles. The standard InChI is InChI=1S/C20H22N2O4S/c1-12-9-13(2)18(14(3)10-12)21-19(23)16-5-7-17(8-6-16)22-20(24)15(4)11-27(22,25)26/h5-10,15H,11H2,1-4H3,(H,21,23)/t15-/m0/s1. The quantitative estimate of drug-likeness (QED) is 0.878. The number of hydrogen-bond donors (Lipinski definition) is 1. The summed E-state index contributed by atoms with van der Waals surface area (Å²) in [5.74, 6) is -1.50. The van der Waals surface area contributed by atoms with Gasteiger partial charge < -0.3 is 5.32 Å². The van der Waals surface area contributed by atoms with E-state index < -0.39 is 21.8 Å². The molecule has 0 aromatic heterocycles. The van der Waals surface area contributed by atoms with Crippen LogP contribution in [0.3, 0.4) is 0 Å². The molecule has 0 spiro atoms. The van der Waals surface area contributed by atoms with Crippen LogP contribution in [0.1, 0.15) is 34.0 Å². The molecule has 1 aliphatic rings. The first-order chi connectivity index (χ1) is 12.6. The third kappa shape index (κ3) is 3.60. The van der Waals surface area contributed by atoms with Gasteiger partial charge in [0.2, 0.25) is 15.9 Å². The van der Waals surface area contributed by atoms with Crippen LogP contribution >= 0.6 is 0 Å². The van der Waals surface area contributed by atoms with Gasteiger partial charge in [-0.1, -0.05) is 24.6 Å². The van der Waals surface area contributed by atoms with Gasteiger partial charge >= 0.3 is 0 Å². The second kappa shape index (κ2) is 6.81. The lowest BCUT2D eigenvalue weighted by molar-refractivity contribution is -0.119. The monoisotopic (exact) mass is 386 g/mol. The summed E-state index contributed by atoms with van der Waals surface area (Å²) < 4.78 is 25.2. The number of nitrogens with zero attached hydrogens (tertiary/aromatic N) is 1. The number of hydrogen-bond acceptors (Lipinski definition) is 4. The number of nitrogens with one attached hydrogen (secondary N) is 1. The Hall–Kier alpha value is -2.67. The van der Waals surface area contributed by atoms with Crippen molar-refractivity contribution >= 4 is 33.2 Å². The highest BCUT2D eigenvalue weighted by Crippen LogP contribution is 2.29. The van der Waals surface area contributed by atoms with Gasteiger partial charge in [0.15, 0.2) is 0 Å². The molecule has 1 saturated heterocycles. The van der Waals surface area contributed by atoms with Crippen molar-refractivity contribution in [2.45, 2.75) is 27.7 Å². The highest BCUT2D eigenvalue weighted by Gasteiger charge is 2.41. The summed E-state index contributed by atoms with van der Waals surface area (Å²) in [5.41, 5.74) is 4.47. The van der Waals surface area contributed by atoms with E-state index in [1.54, 1.807) is 6.92 Å². The first-order valence-corrected chi connectivity index (χ1v) is 10.3. The Morgan fingerprint density at radius 1 is 1.07 bits per heavy atom. The lowest BCUT2D eigenvalue weighted by Crippen LogP contribution is -2.30. The van der Waals surface area contributed by atoms with E-state index in [0.717, 1.165) is 26.7 Å². The number of sulfonamides is 1. The van der Waals surface area contributed by atoms with Gasteiger partial charge in [-0.2, -0.15) is 0 Å². The fraction of sp³-hybridized carbons (Fsp3) is 0.300. The van der Waals surface area contributed by atoms with Crippen molar-refractivity contribution in [1.82, 2.24) is 0 Å². The summed E-state index contributed by atoms with van der Waals surface area (Å²) in [7, 11) is -3.65. The van der Waals surface area contributed by atoms with Gasteiger partial charge in [-0.05, 0) is 56.2 Å². The van der Waals surface area contributed by atoms with Crippen LogP contribution in [0.2, 0.25) is 0 Å². The van der Waals surface area contributed by atoms with Crippen molar-refractivity contribution in [2.75, 3.05) is 15.4 Å². The second-order valence-corrected chi connectivity index (χ2v) is 8.92. The first-order valence-electron chi connectivity index (χ1n) is 8.66. The van der Waals surface area contributed by atoms with E-state index in [-0.39, 0.29) is 17.3 Å². The fourth-order valence-electron chi connectivity index (χ4n) is 3.40. The molecule has 1 N–H and O–H groups in total. The van der Waals surface area contributed by atoms with Gasteiger partial charge in [-0.25, -0.2) is 12.7 Å². The molecular formula is C20H22N2O4S. The average Bonchev–Trinajstić information content (AvgIpc) is 2.78. The number of anilines is 2. The molecule has 0 radical (unpaired) electrons. The Bertz CT molecular complexity index is 1000. The maximum absolute atomic E-state index is 12.6. The van der Waals surface area contributed by atoms with Gasteiger partial charge in [-0.3, -0.25) is 9.59 Å². The van der Waals surface area contributed by atoms with E-state index in [9.17, 15) is 18.0 Å². The van der Waals surface area contributed by atoms with E-state index in [0.29, 0.717) is 5.56 Å². The minimum atomic E-state index is -3.65. The third-order valence-electron chi connectivity index (χ3n) is 4.64. The zero-order valence-corrected chi connectivity index (χ0v) is 16.6. The van der Waals surface area contributed by atoms with Crippen LogP contribution < -0.4 is 9.62 Å². The van der Waals surface area contributed by atoms with Gasteiger partial charge in [0.25, 0.3) is 5.91 Å². The number of benzene rings is 2. The van der Waals surface area contributed by atoms with Crippen LogP contribution in [-0.4, -0.2) is 26.0 Å². The Morgan fingerprint density at radius 3 is 2.11 bits per heavy atom. The van der Waals surface area contributed by atoms with Crippen LogP contribution in [0, 0.1) is 26.7 Å². The number of amides is 2. The zero-order valence-electron chi connectivity index (χ0n) is 15.7. The Balaban J connectivity index is 1.84. The summed E-state index contributed by atoms with van der Waals surface area (Å²) in [6.07, 6.45) is 0. The maximum atomic E-state index is 12.6. The normalized spacial score (nSPS) is 18.6. The molecule has 0 unspecified atom stereocenters. The molecule has 142 valence electrons. The highest BCUT2D eigenvalue weighted by atomic mass is 32.2. The Morgan fingerprint density at radius 2 is 1.63 bits per heavy atom. The van der Waals surface area contributed by atoms with Gasteiger partial charge in [0.1, 0.15) is 0 Å². The smallest absolute Gasteiger partial charge is 0.255 e. The molecule has 3 rings (SSSR count). The van der Waals surface area contributed by atoms with Crippen molar-refractivity contribution in [3.63, 3.8) is 0 Å². The molecular weight excluding hydrogens is 364 g/mol. The summed E-state index contributed by atoms with van der Waals surface area (Å²) in [5, 5.41) is 2.91. The van der Waals surface area contributed by atoms with E-state index >= 15 is 0 Å². The van der Waals surface area contributed by atoms with E-state index in [4.69, 9.17) is 0 Å². The molecule has 2 amide bonds. The molecule has 2 aromatic rings. The lowest BCUT2D eigenvalue weighted by Gasteiger charge is -2.16. The molecule has 1 heterocycles. The average molecular weight is 386 g/mol. The van der Waals surface area contributed by atoms with Gasteiger partial charge in [-0.15, -0.1) is 0 Å². The van der Waals surface area contributed by atoms with Crippen LogP contribution in [0.5, 0.6) is 0 Å². The fourth-order valence-corrected chi connectivity index (χ4v) is 5.22. The predicted molar refractivity (Wildman–Crippen MR) is 105 cm³/mol. The van der Waals surface area contributed by atoms with Crippen LogP contribution in [0.4, 0.5) is 11.4 Å². The Kier molecular flexibility index (Phi) is 4.82. The minimum absolute atomic E-state index is 0.194. The van der Waals surface area contributed by atoms with Crippen LogP contribution in [0.15, 0.2) is 36.4 Å². The highest BCUT2D eigenvalue weighted by molar-refractivity contribution is 7.94. The number of carbonyl (C=O) groups is 2. The summed E-state index contributed by atoms with van der Waals surface area (Å²) in [4.78, 5) is 24.7. The predicted octanol–water partition coefficient (Wildman–Crippen LogP) is 3.18. The molecule has 1 atom stereocenters.